The predicted octanol–water partition coefficient (Wildman–Crippen LogP) is 2.39. The number of ether oxygens (including phenoxy) is 1. The van der Waals surface area contributed by atoms with Crippen molar-refractivity contribution in [1.82, 2.24) is 15.1 Å². The fourth-order valence-corrected chi connectivity index (χ4v) is 2.75. The number of aryl methyl sites for hydroxylation is 2. The van der Waals surface area contributed by atoms with Gasteiger partial charge in [0.15, 0.2) is 0 Å². The third-order valence-corrected chi connectivity index (χ3v) is 4.04. The summed E-state index contributed by atoms with van der Waals surface area (Å²) < 4.78 is 7.54. The van der Waals surface area contributed by atoms with Crippen molar-refractivity contribution in [3.8, 4) is 0 Å². The number of halogens is 1. The van der Waals surface area contributed by atoms with Crippen molar-refractivity contribution in [3.63, 3.8) is 0 Å². The molecule has 2 heterocycles. The van der Waals surface area contributed by atoms with Gasteiger partial charge in [-0.25, -0.2) is 0 Å². The molecule has 1 fully saturated rings. The van der Waals surface area contributed by atoms with E-state index in [1.165, 1.54) is 0 Å². The smallest absolute Gasteiger partial charge is 0.0863 e. The molecule has 102 valence electrons. The first-order chi connectivity index (χ1) is 8.67. The monoisotopic (exact) mass is 271 g/mol. The van der Waals surface area contributed by atoms with E-state index in [-0.39, 0.29) is 6.10 Å². The maximum atomic E-state index is 6.38. The molecule has 2 unspecified atom stereocenters. The molecule has 1 N–H and O–H groups in total. The molecule has 5 heteroatoms. The molecule has 18 heavy (non-hydrogen) atoms. The lowest BCUT2D eigenvalue weighted by Gasteiger charge is -2.16. The van der Waals surface area contributed by atoms with E-state index in [0.717, 1.165) is 48.9 Å². The van der Waals surface area contributed by atoms with Crippen molar-refractivity contribution in [2.45, 2.75) is 58.8 Å². The Kier molecular flexibility index (Phi) is 4.65. The zero-order valence-electron chi connectivity index (χ0n) is 11.4. The Morgan fingerprint density at radius 2 is 2.28 bits per heavy atom. The molecule has 0 radical (unpaired) electrons. The van der Waals surface area contributed by atoms with Gasteiger partial charge in [0.1, 0.15) is 0 Å². The number of hydrogen-bond donors (Lipinski definition) is 1. The van der Waals surface area contributed by atoms with E-state index in [0.29, 0.717) is 6.04 Å². The molecule has 0 aliphatic carbocycles. The first-order valence-electron chi connectivity index (χ1n) is 6.76. The van der Waals surface area contributed by atoms with Gasteiger partial charge in [-0.15, -0.1) is 0 Å². The van der Waals surface area contributed by atoms with Crippen LogP contribution in [0.5, 0.6) is 0 Å². The van der Waals surface area contributed by atoms with Crippen LogP contribution in [0.15, 0.2) is 0 Å². The number of nitrogens with one attached hydrogen (secondary N) is 1. The summed E-state index contributed by atoms with van der Waals surface area (Å²) in [5.74, 6) is 0. The minimum absolute atomic E-state index is 0.285. The molecule has 2 atom stereocenters. The summed E-state index contributed by atoms with van der Waals surface area (Å²) in [6, 6.07) is 0.423. The maximum Gasteiger partial charge on any atom is 0.0863 e. The summed E-state index contributed by atoms with van der Waals surface area (Å²) in [6.45, 7) is 8.75. The van der Waals surface area contributed by atoms with Gasteiger partial charge in [0, 0.05) is 25.7 Å². The average Bonchev–Trinajstić information content (AvgIpc) is 2.91. The van der Waals surface area contributed by atoms with Crippen molar-refractivity contribution in [2.24, 2.45) is 0 Å². The third-order valence-electron chi connectivity index (χ3n) is 3.60. The van der Waals surface area contributed by atoms with Gasteiger partial charge in [-0.2, -0.15) is 5.10 Å². The van der Waals surface area contributed by atoms with Crippen molar-refractivity contribution in [1.29, 1.82) is 0 Å². The van der Waals surface area contributed by atoms with Crippen LogP contribution in [-0.4, -0.2) is 28.5 Å². The first kappa shape index (κ1) is 13.8. The van der Waals surface area contributed by atoms with Crippen molar-refractivity contribution in [3.05, 3.63) is 16.4 Å². The van der Waals surface area contributed by atoms with Crippen LogP contribution in [0.3, 0.4) is 0 Å². The molecule has 0 bridgehead atoms. The Balaban J connectivity index is 2.06. The highest BCUT2D eigenvalue weighted by molar-refractivity contribution is 6.31. The average molecular weight is 272 g/mol. The second kappa shape index (κ2) is 6.04. The lowest BCUT2D eigenvalue weighted by Crippen LogP contribution is -2.34. The third kappa shape index (κ3) is 2.71. The first-order valence-corrected chi connectivity index (χ1v) is 7.14. The molecule has 0 amide bonds. The van der Waals surface area contributed by atoms with E-state index < -0.39 is 0 Å². The molecular formula is C13H22ClN3O. The van der Waals surface area contributed by atoms with Gasteiger partial charge in [-0.3, -0.25) is 4.68 Å². The standard InChI is InChI=1S/C13H22ClN3O/c1-4-10-13(14)12(17(5-2)16-10)8-15-11-6-7-18-9(11)3/h9,11,15H,4-8H2,1-3H3. The number of hydrogen-bond acceptors (Lipinski definition) is 3. The second-order valence-corrected chi connectivity index (χ2v) is 5.11. The minimum Gasteiger partial charge on any atom is -0.377 e. The van der Waals surface area contributed by atoms with Gasteiger partial charge in [-0.05, 0) is 26.7 Å². The van der Waals surface area contributed by atoms with Gasteiger partial charge in [-0.1, -0.05) is 18.5 Å². The van der Waals surface area contributed by atoms with Crippen LogP contribution in [0.1, 0.15) is 38.6 Å². The van der Waals surface area contributed by atoms with Crippen molar-refractivity contribution < 1.29 is 4.74 Å². The molecule has 1 aliphatic heterocycles. The van der Waals surface area contributed by atoms with E-state index >= 15 is 0 Å². The van der Waals surface area contributed by atoms with Crippen LogP contribution in [-0.2, 0) is 24.2 Å². The Morgan fingerprint density at radius 3 is 2.83 bits per heavy atom. The SMILES string of the molecule is CCc1nn(CC)c(CNC2CCOC2C)c1Cl. The van der Waals surface area contributed by atoms with Crippen LogP contribution < -0.4 is 5.32 Å². The molecule has 1 aromatic heterocycles. The molecule has 1 aliphatic rings. The Hall–Kier alpha value is -0.580. The van der Waals surface area contributed by atoms with Crippen molar-refractivity contribution in [2.75, 3.05) is 6.61 Å². The van der Waals surface area contributed by atoms with Crippen LogP contribution in [0.2, 0.25) is 5.02 Å². The minimum atomic E-state index is 0.285. The fraction of sp³-hybridized carbons (Fsp3) is 0.769. The quantitative estimate of drug-likeness (QED) is 0.894. The van der Waals surface area contributed by atoms with Gasteiger partial charge < -0.3 is 10.1 Å². The van der Waals surface area contributed by atoms with E-state index in [2.05, 4.69) is 31.2 Å². The summed E-state index contributed by atoms with van der Waals surface area (Å²) >= 11 is 6.38. The second-order valence-electron chi connectivity index (χ2n) is 4.73. The van der Waals surface area contributed by atoms with E-state index in [4.69, 9.17) is 16.3 Å². The molecule has 2 rings (SSSR count). The highest BCUT2D eigenvalue weighted by Crippen LogP contribution is 2.22. The summed E-state index contributed by atoms with van der Waals surface area (Å²) in [7, 11) is 0. The molecule has 0 aromatic carbocycles. The zero-order valence-corrected chi connectivity index (χ0v) is 12.1. The maximum absolute atomic E-state index is 6.38. The fourth-order valence-electron chi connectivity index (χ4n) is 2.41. The van der Waals surface area contributed by atoms with Gasteiger partial charge in [0.05, 0.1) is 22.5 Å². The Morgan fingerprint density at radius 1 is 1.50 bits per heavy atom. The van der Waals surface area contributed by atoms with Gasteiger partial charge in [0.2, 0.25) is 0 Å². The summed E-state index contributed by atoms with van der Waals surface area (Å²) in [5.41, 5.74) is 2.08. The van der Waals surface area contributed by atoms with Crippen molar-refractivity contribution >= 4 is 11.6 Å². The Labute approximate surface area is 114 Å². The molecule has 1 aromatic rings. The summed E-state index contributed by atoms with van der Waals surface area (Å²) in [5, 5.41) is 8.87. The molecule has 0 saturated carbocycles. The summed E-state index contributed by atoms with van der Waals surface area (Å²) in [6.07, 6.45) is 2.23. The van der Waals surface area contributed by atoms with E-state index in [1.54, 1.807) is 0 Å². The topological polar surface area (TPSA) is 39.1 Å². The number of rotatable bonds is 5. The molecule has 1 saturated heterocycles. The normalized spacial score (nSPS) is 23.8. The zero-order chi connectivity index (χ0) is 13.1. The number of nitrogens with zero attached hydrogens (tertiary/aromatic N) is 2. The van der Waals surface area contributed by atoms with E-state index in [1.807, 2.05) is 4.68 Å². The van der Waals surface area contributed by atoms with Gasteiger partial charge in [0.25, 0.3) is 0 Å². The van der Waals surface area contributed by atoms with Gasteiger partial charge >= 0.3 is 0 Å². The van der Waals surface area contributed by atoms with Crippen LogP contribution in [0, 0.1) is 0 Å². The lowest BCUT2D eigenvalue weighted by atomic mass is 10.1. The number of aromatic nitrogens is 2. The molecular weight excluding hydrogens is 250 g/mol. The molecule has 4 nitrogen and oxygen atoms in total. The largest absolute Gasteiger partial charge is 0.377 e. The highest BCUT2D eigenvalue weighted by atomic mass is 35.5. The van der Waals surface area contributed by atoms with Crippen LogP contribution in [0.25, 0.3) is 0 Å². The van der Waals surface area contributed by atoms with E-state index in [9.17, 15) is 0 Å². The Bertz CT molecular complexity index is 405. The van der Waals surface area contributed by atoms with Crippen LogP contribution in [0.4, 0.5) is 0 Å². The van der Waals surface area contributed by atoms with Crippen LogP contribution >= 0.6 is 11.6 Å². The lowest BCUT2D eigenvalue weighted by molar-refractivity contribution is 0.113. The predicted molar refractivity (Wildman–Crippen MR) is 72.9 cm³/mol. The highest BCUT2D eigenvalue weighted by Gasteiger charge is 2.24. The molecule has 0 spiro atoms. The summed E-state index contributed by atoms with van der Waals surface area (Å²) in [4.78, 5) is 0.